The minimum atomic E-state index is -0.109. The number of allylic oxidation sites excluding steroid dienone is 2. The summed E-state index contributed by atoms with van der Waals surface area (Å²) in [4.78, 5) is 11.9. The largest absolute Gasteiger partial charge is 0.462 e. The van der Waals surface area contributed by atoms with Gasteiger partial charge in [0.15, 0.2) is 0 Å². The fourth-order valence-electron chi connectivity index (χ4n) is 10.8. The quantitative estimate of drug-likeness (QED) is 0.294. The van der Waals surface area contributed by atoms with Gasteiger partial charge in [0.2, 0.25) is 0 Å². The van der Waals surface area contributed by atoms with Gasteiger partial charge in [0.25, 0.3) is 0 Å². The van der Waals surface area contributed by atoms with Crippen molar-refractivity contribution in [2.75, 3.05) is 0 Å². The molecule has 5 aliphatic carbocycles. The summed E-state index contributed by atoms with van der Waals surface area (Å²) in [6, 6.07) is 0. The number of rotatable bonds is 1. The molecule has 33 heavy (non-hydrogen) atoms. The van der Waals surface area contributed by atoms with Crippen LogP contribution in [0.5, 0.6) is 0 Å². The van der Waals surface area contributed by atoms with E-state index in [0.29, 0.717) is 27.6 Å². The molecule has 186 valence electrons. The van der Waals surface area contributed by atoms with E-state index in [1.54, 1.807) is 6.92 Å². The van der Waals surface area contributed by atoms with Crippen molar-refractivity contribution in [3.8, 4) is 0 Å². The Kier molecular flexibility index (Phi) is 5.34. The molecule has 0 N–H and O–H groups in total. The standard InChI is InChI=1S/C31H50O2/c1-20-11-14-28(5)17-18-30(7)22(23(28)19-20)9-10-25-29(6)15-13-26(33-21(2)32)27(3,4)24(29)12-16-31(25,30)8/h9,20,23-26H,10-19H2,1-8H3. The van der Waals surface area contributed by atoms with E-state index in [9.17, 15) is 4.79 Å². The maximum absolute atomic E-state index is 11.9. The first-order valence-electron chi connectivity index (χ1n) is 14.2. The molecule has 0 heterocycles. The fourth-order valence-corrected chi connectivity index (χ4v) is 10.8. The van der Waals surface area contributed by atoms with Crippen LogP contribution in [0.1, 0.15) is 120 Å². The molecule has 0 aromatic carbocycles. The summed E-state index contributed by atoms with van der Waals surface area (Å²) in [6.07, 6.45) is 16.0. The van der Waals surface area contributed by atoms with Gasteiger partial charge in [-0.25, -0.2) is 0 Å². The number of hydrogen-bond acceptors (Lipinski definition) is 2. The van der Waals surface area contributed by atoms with E-state index in [2.05, 4.69) is 54.5 Å². The molecule has 4 saturated carbocycles. The molecule has 0 radical (unpaired) electrons. The Labute approximate surface area is 203 Å². The van der Waals surface area contributed by atoms with Gasteiger partial charge in [-0.3, -0.25) is 4.79 Å². The Morgan fingerprint density at radius 3 is 2.33 bits per heavy atom. The molecule has 0 saturated heterocycles. The molecular formula is C31H50O2. The van der Waals surface area contributed by atoms with Crippen molar-refractivity contribution in [1.82, 2.24) is 0 Å². The summed E-state index contributed by atoms with van der Waals surface area (Å²) in [5.74, 6) is 2.94. The highest BCUT2D eigenvalue weighted by atomic mass is 16.5. The van der Waals surface area contributed by atoms with Crippen molar-refractivity contribution >= 4 is 5.97 Å². The van der Waals surface area contributed by atoms with Crippen molar-refractivity contribution in [2.24, 2.45) is 50.7 Å². The van der Waals surface area contributed by atoms with E-state index >= 15 is 0 Å². The molecule has 0 aromatic heterocycles. The van der Waals surface area contributed by atoms with Gasteiger partial charge in [-0.15, -0.1) is 0 Å². The summed E-state index contributed by atoms with van der Waals surface area (Å²) < 4.78 is 5.90. The minimum absolute atomic E-state index is 0.0504. The van der Waals surface area contributed by atoms with Gasteiger partial charge in [-0.2, -0.15) is 0 Å². The lowest BCUT2D eigenvalue weighted by Crippen LogP contribution is -2.64. The smallest absolute Gasteiger partial charge is 0.302 e. The molecule has 0 aliphatic heterocycles. The average molecular weight is 455 g/mol. The van der Waals surface area contributed by atoms with Crippen molar-refractivity contribution in [1.29, 1.82) is 0 Å². The molecule has 2 heteroatoms. The Morgan fingerprint density at radius 1 is 0.909 bits per heavy atom. The normalized spacial score (nSPS) is 53.0. The number of esters is 1. The molecule has 0 aromatic rings. The lowest BCUT2D eigenvalue weighted by atomic mass is 9.34. The van der Waals surface area contributed by atoms with E-state index in [1.807, 2.05) is 5.57 Å². The minimum Gasteiger partial charge on any atom is -0.462 e. The lowest BCUT2D eigenvalue weighted by molar-refractivity contribution is -0.211. The van der Waals surface area contributed by atoms with E-state index in [0.717, 1.165) is 24.2 Å². The van der Waals surface area contributed by atoms with Gasteiger partial charge in [0, 0.05) is 12.3 Å². The van der Waals surface area contributed by atoms with Crippen LogP contribution in [0.3, 0.4) is 0 Å². The second-order valence-electron chi connectivity index (χ2n) is 14.8. The molecule has 9 unspecified atom stereocenters. The molecule has 2 nitrogen and oxygen atoms in total. The first-order valence-corrected chi connectivity index (χ1v) is 14.2. The lowest BCUT2D eigenvalue weighted by Gasteiger charge is -2.71. The van der Waals surface area contributed by atoms with Crippen LogP contribution < -0.4 is 0 Å². The highest BCUT2D eigenvalue weighted by molar-refractivity contribution is 5.66. The van der Waals surface area contributed by atoms with E-state index in [4.69, 9.17) is 4.74 Å². The summed E-state index contributed by atoms with van der Waals surface area (Å²) >= 11 is 0. The van der Waals surface area contributed by atoms with E-state index in [-0.39, 0.29) is 17.5 Å². The number of fused-ring (bicyclic) bond motifs is 7. The van der Waals surface area contributed by atoms with Crippen LogP contribution in [0.2, 0.25) is 0 Å². The van der Waals surface area contributed by atoms with E-state index in [1.165, 1.54) is 57.8 Å². The monoisotopic (exact) mass is 454 g/mol. The SMILES string of the molecule is CC(=O)OC1CCC2(C)C(CCC3(C)C2CC=C2C4CC(C)CCC4(C)CCC23C)C1(C)C. The Balaban J connectivity index is 1.52. The molecule has 5 rings (SSSR count). The molecule has 0 bridgehead atoms. The maximum Gasteiger partial charge on any atom is 0.302 e. The zero-order valence-electron chi connectivity index (χ0n) is 22.9. The zero-order valence-corrected chi connectivity index (χ0v) is 22.9. The first kappa shape index (κ1) is 23.9. The van der Waals surface area contributed by atoms with Crippen LogP contribution in [0.4, 0.5) is 0 Å². The van der Waals surface area contributed by atoms with Crippen molar-refractivity contribution in [2.45, 2.75) is 126 Å². The number of hydrogen-bond donors (Lipinski definition) is 0. The van der Waals surface area contributed by atoms with Gasteiger partial charge >= 0.3 is 5.97 Å². The Hall–Kier alpha value is -0.790. The molecule has 0 spiro atoms. The zero-order chi connectivity index (χ0) is 24.0. The molecule has 9 atom stereocenters. The summed E-state index contributed by atoms with van der Waals surface area (Å²) in [6.45, 7) is 19.5. The first-order chi connectivity index (χ1) is 15.3. The Morgan fingerprint density at radius 2 is 1.64 bits per heavy atom. The molecular weight excluding hydrogens is 404 g/mol. The third-order valence-electron chi connectivity index (χ3n) is 13.0. The predicted octanol–water partition coefficient (Wildman–Crippen LogP) is 8.35. The van der Waals surface area contributed by atoms with Gasteiger partial charge < -0.3 is 4.74 Å². The van der Waals surface area contributed by atoms with Crippen molar-refractivity contribution in [3.63, 3.8) is 0 Å². The summed E-state index contributed by atoms with van der Waals surface area (Å²) in [5.41, 5.74) is 3.52. The fraction of sp³-hybridized carbons (Fsp3) is 0.903. The van der Waals surface area contributed by atoms with Crippen LogP contribution in [0.25, 0.3) is 0 Å². The van der Waals surface area contributed by atoms with Gasteiger partial charge in [0.05, 0.1) is 0 Å². The second kappa shape index (κ2) is 7.36. The number of carbonyl (C=O) groups excluding carboxylic acids is 1. The summed E-state index contributed by atoms with van der Waals surface area (Å²) in [5, 5.41) is 0. The third kappa shape index (κ3) is 3.13. The molecule has 4 fully saturated rings. The van der Waals surface area contributed by atoms with Crippen molar-refractivity contribution in [3.05, 3.63) is 11.6 Å². The predicted molar refractivity (Wildman–Crippen MR) is 136 cm³/mol. The number of ether oxygens (including phenoxy) is 1. The van der Waals surface area contributed by atoms with Gasteiger partial charge in [-0.05, 0) is 103 Å². The second-order valence-corrected chi connectivity index (χ2v) is 14.8. The van der Waals surface area contributed by atoms with Crippen LogP contribution in [-0.2, 0) is 9.53 Å². The van der Waals surface area contributed by atoms with Crippen molar-refractivity contribution < 1.29 is 9.53 Å². The molecule has 0 amide bonds. The van der Waals surface area contributed by atoms with Crippen LogP contribution in [0, 0.1) is 50.7 Å². The van der Waals surface area contributed by atoms with E-state index < -0.39 is 0 Å². The Bertz CT molecular complexity index is 855. The van der Waals surface area contributed by atoms with Gasteiger partial charge in [0.1, 0.15) is 6.10 Å². The van der Waals surface area contributed by atoms with Gasteiger partial charge in [-0.1, -0.05) is 66.5 Å². The average Bonchev–Trinajstić information content (AvgIpc) is 2.72. The highest BCUT2D eigenvalue weighted by Crippen LogP contribution is 2.75. The third-order valence-corrected chi connectivity index (χ3v) is 13.0. The number of carbonyl (C=O) groups is 1. The van der Waals surface area contributed by atoms with Crippen LogP contribution in [0.15, 0.2) is 11.6 Å². The van der Waals surface area contributed by atoms with Crippen LogP contribution >= 0.6 is 0 Å². The maximum atomic E-state index is 11.9. The highest BCUT2D eigenvalue weighted by Gasteiger charge is 2.67. The summed E-state index contributed by atoms with van der Waals surface area (Å²) in [7, 11) is 0. The van der Waals surface area contributed by atoms with Crippen LogP contribution in [-0.4, -0.2) is 12.1 Å². The topological polar surface area (TPSA) is 26.3 Å². The molecule has 5 aliphatic rings.